The number of nitrogens with one attached hydrogen (secondary N) is 2. The summed E-state index contributed by atoms with van der Waals surface area (Å²) in [4.78, 5) is 17.2. The van der Waals surface area contributed by atoms with E-state index in [1.54, 1.807) is 25.3 Å². The molecule has 2 N–H and O–H groups in total. The number of aromatic nitrogens is 1. The highest BCUT2D eigenvalue weighted by Gasteiger charge is 2.11. The summed E-state index contributed by atoms with van der Waals surface area (Å²) in [7, 11) is 1.61. The molecule has 0 fully saturated rings. The molecule has 0 atom stereocenters. The second kappa shape index (κ2) is 9.58. The second-order valence-electron chi connectivity index (χ2n) is 6.99. The zero-order chi connectivity index (χ0) is 22.5. The van der Waals surface area contributed by atoms with Crippen LogP contribution in [-0.2, 0) is 0 Å². The van der Waals surface area contributed by atoms with Gasteiger partial charge in [-0.2, -0.15) is 0 Å². The van der Waals surface area contributed by atoms with Gasteiger partial charge in [0.15, 0.2) is 0 Å². The van der Waals surface area contributed by atoms with Crippen LogP contribution < -0.4 is 20.1 Å². The van der Waals surface area contributed by atoms with Crippen molar-refractivity contribution < 1.29 is 14.3 Å². The highest BCUT2D eigenvalue weighted by atomic mass is 35.5. The van der Waals surface area contributed by atoms with Crippen LogP contribution in [0.5, 0.6) is 11.5 Å². The SMILES string of the molecule is CCOc1ccc(NC(=O)Nc2ccc3nc(-c4ccc(Cl)cc4)cc(OC)c3c2)cc1. The number of rotatable bonds is 6. The molecule has 0 unspecified atom stereocenters. The molecule has 4 aromatic rings. The van der Waals surface area contributed by atoms with Gasteiger partial charge in [0.2, 0.25) is 0 Å². The van der Waals surface area contributed by atoms with Gasteiger partial charge < -0.3 is 20.1 Å². The molecule has 0 saturated heterocycles. The third-order valence-electron chi connectivity index (χ3n) is 4.81. The number of hydrogen-bond acceptors (Lipinski definition) is 4. The first-order valence-corrected chi connectivity index (χ1v) is 10.5. The van der Waals surface area contributed by atoms with Gasteiger partial charge in [-0.1, -0.05) is 23.7 Å². The molecule has 1 heterocycles. The van der Waals surface area contributed by atoms with Crippen LogP contribution in [0.1, 0.15) is 6.92 Å². The Morgan fingerprint density at radius 3 is 2.31 bits per heavy atom. The average molecular weight is 448 g/mol. The minimum atomic E-state index is -0.349. The molecule has 0 aliphatic heterocycles. The fraction of sp³-hybridized carbons (Fsp3) is 0.120. The van der Waals surface area contributed by atoms with Crippen molar-refractivity contribution in [2.45, 2.75) is 6.92 Å². The lowest BCUT2D eigenvalue weighted by molar-refractivity contribution is 0.262. The number of halogens is 1. The smallest absolute Gasteiger partial charge is 0.323 e. The normalized spacial score (nSPS) is 10.6. The summed E-state index contributed by atoms with van der Waals surface area (Å²) in [5, 5.41) is 7.12. The van der Waals surface area contributed by atoms with E-state index < -0.39 is 0 Å². The van der Waals surface area contributed by atoms with Crippen molar-refractivity contribution in [1.29, 1.82) is 0 Å². The Bertz CT molecular complexity index is 1240. The molecule has 0 aliphatic rings. The number of hydrogen-bond donors (Lipinski definition) is 2. The first-order chi connectivity index (χ1) is 15.6. The molecule has 3 aromatic carbocycles. The van der Waals surface area contributed by atoms with Crippen molar-refractivity contribution in [3.05, 3.63) is 77.8 Å². The van der Waals surface area contributed by atoms with Gasteiger partial charge in [0.1, 0.15) is 11.5 Å². The number of carbonyl (C=O) groups excluding carboxylic acids is 1. The molecule has 0 saturated carbocycles. The van der Waals surface area contributed by atoms with Crippen molar-refractivity contribution in [3.8, 4) is 22.8 Å². The molecule has 0 radical (unpaired) electrons. The lowest BCUT2D eigenvalue weighted by Crippen LogP contribution is -2.19. The van der Waals surface area contributed by atoms with E-state index in [1.165, 1.54) is 0 Å². The summed E-state index contributed by atoms with van der Waals surface area (Å²) in [5.41, 5.74) is 3.76. The molecule has 0 aliphatic carbocycles. The van der Waals surface area contributed by atoms with Gasteiger partial charge in [-0.05, 0) is 61.5 Å². The average Bonchev–Trinajstić information content (AvgIpc) is 2.80. The lowest BCUT2D eigenvalue weighted by atomic mass is 10.1. The molecule has 6 nitrogen and oxygen atoms in total. The van der Waals surface area contributed by atoms with E-state index >= 15 is 0 Å². The minimum Gasteiger partial charge on any atom is -0.496 e. The van der Waals surface area contributed by atoms with Crippen molar-refractivity contribution in [3.63, 3.8) is 0 Å². The highest BCUT2D eigenvalue weighted by molar-refractivity contribution is 6.30. The molecule has 32 heavy (non-hydrogen) atoms. The molecule has 162 valence electrons. The van der Waals surface area contributed by atoms with E-state index in [0.717, 1.165) is 27.9 Å². The van der Waals surface area contributed by atoms with Gasteiger partial charge in [0, 0.05) is 33.4 Å². The van der Waals surface area contributed by atoms with Crippen LogP contribution in [0, 0.1) is 0 Å². The predicted octanol–water partition coefficient (Wildman–Crippen LogP) is 6.61. The maximum atomic E-state index is 12.4. The van der Waals surface area contributed by atoms with Crippen LogP contribution in [0.15, 0.2) is 72.8 Å². The maximum absolute atomic E-state index is 12.4. The van der Waals surface area contributed by atoms with Gasteiger partial charge in [0.05, 0.1) is 24.9 Å². The van der Waals surface area contributed by atoms with Crippen molar-refractivity contribution in [1.82, 2.24) is 4.98 Å². The summed E-state index contributed by atoms with van der Waals surface area (Å²) in [6.45, 7) is 2.51. The number of anilines is 2. The number of carbonyl (C=O) groups is 1. The van der Waals surface area contributed by atoms with E-state index in [9.17, 15) is 4.79 Å². The standard InChI is InChI=1S/C25H22ClN3O3/c1-3-32-20-11-8-18(9-12-20)27-25(30)28-19-10-13-22-21(14-19)24(31-2)15-23(29-22)16-4-6-17(26)7-5-16/h4-15H,3H2,1-2H3,(H2,27,28,30). The topological polar surface area (TPSA) is 72.5 Å². The molecular formula is C25H22ClN3O3. The van der Waals surface area contributed by atoms with Gasteiger partial charge in [0.25, 0.3) is 0 Å². The Kier molecular flexibility index (Phi) is 6.42. The predicted molar refractivity (Wildman–Crippen MR) is 129 cm³/mol. The number of amides is 2. The van der Waals surface area contributed by atoms with Crippen LogP contribution in [0.4, 0.5) is 16.2 Å². The van der Waals surface area contributed by atoms with E-state index in [2.05, 4.69) is 10.6 Å². The summed E-state index contributed by atoms with van der Waals surface area (Å²) in [6, 6.07) is 21.7. The van der Waals surface area contributed by atoms with Gasteiger partial charge in [-0.25, -0.2) is 9.78 Å². The Morgan fingerprint density at radius 2 is 1.62 bits per heavy atom. The fourth-order valence-corrected chi connectivity index (χ4v) is 3.43. The molecule has 4 rings (SSSR count). The maximum Gasteiger partial charge on any atom is 0.323 e. The van der Waals surface area contributed by atoms with Crippen LogP contribution in [0.25, 0.3) is 22.2 Å². The van der Waals surface area contributed by atoms with Gasteiger partial charge in [-0.15, -0.1) is 0 Å². The molecule has 0 bridgehead atoms. The van der Waals surface area contributed by atoms with Crippen LogP contribution >= 0.6 is 11.6 Å². The zero-order valence-corrected chi connectivity index (χ0v) is 18.4. The fourth-order valence-electron chi connectivity index (χ4n) is 3.30. The Labute approximate surface area is 191 Å². The number of pyridine rings is 1. The van der Waals surface area contributed by atoms with E-state index in [-0.39, 0.29) is 6.03 Å². The Morgan fingerprint density at radius 1 is 0.938 bits per heavy atom. The van der Waals surface area contributed by atoms with E-state index in [0.29, 0.717) is 28.8 Å². The third kappa shape index (κ3) is 4.92. The quantitative estimate of drug-likeness (QED) is 0.349. The van der Waals surface area contributed by atoms with Crippen molar-refractivity contribution in [2.75, 3.05) is 24.4 Å². The summed E-state index contributed by atoms with van der Waals surface area (Å²) in [5.74, 6) is 1.42. The number of urea groups is 1. The molecular weight excluding hydrogens is 426 g/mol. The van der Waals surface area contributed by atoms with E-state index in [1.807, 2.05) is 61.5 Å². The summed E-state index contributed by atoms with van der Waals surface area (Å²) < 4.78 is 11.0. The first kappa shape index (κ1) is 21.5. The molecule has 1 aromatic heterocycles. The molecule has 0 spiro atoms. The minimum absolute atomic E-state index is 0.349. The zero-order valence-electron chi connectivity index (χ0n) is 17.7. The molecule has 7 heteroatoms. The van der Waals surface area contributed by atoms with Gasteiger partial charge >= 0.3 is 6.03 Å². The van der Waals surface area contributed by atoms with Crippen molar-refractivity contribution >= 4 is 39.9 Å². The van der Waals surface area contributed by atoms with Crippen LogP contribution in [0.3, 0.4) is 0 Å². The molecule has 2 amide bonds. The second-order valence-corrected chi connectivity index (χ2v) is 7.42. The number of fused-ring (bicyclic) bond motifs is 1. The number of nitrogens with zero attached hydrogens (tertiary/aromatic N) is 1. The number of benzene rings is 3. The monoisotopic (exact) mass is 447 g/mol. The highest BCUT2D eigenvalue weighted by Crippen LogP contribution is 2.32. The lowest BCUT2D eigenvalue weighted by Gasteiger charge is -2.12. The summed E-state index contributed by atoms with van der Waals surface area (Å²) >= 11 is 5.99. The summed E-state index contributed by atoms with van der Waals surface area (Å²) in [6.07, 6.45) is 0. The Hall–Kier alpha value is -3.77. The number of ether oxygens (including phenoxy) is 2. The van der Waals surface area contributed by atoms with Crippen molar-refractivity contribution in [2.24, 2.45) is 0 Å². The van der Waals surface area contributed by atoms with Crippen LogP contribution in [0.2, 0.25) is 5.02 Å². The largest absolute Gasteiger partial charge is 0.496 e. The van der Waals surface area contributed by atoms with Gasteiger partial charge in [-0.3, -0.25) is 0 Å². The van der Waals surface area contributed by atoms with Crippen LogP contribution in [-0.4, -0.2) is 24.7 Å². The third-order valence-corrected chi connectivity index (χ3v) is 5.06. The van der Waals surface area contributed by atoms with E-state index in [4.69, 9.17) is 26.1 Å². The Balaban J connectivity index is 1.54. The first-order valence-electron chi connectivity index (χ1n) is 10.1. The number of methoxy groups -OCH3 is 1.